The van der Waals surface area contributed by atoms with E-state index in [1.807, 2.05) is 0 Å². The number of nitrogens with one attached hydrogen (secondary N) is 1. The molecule has 6 heteroatoms. The van der Waals surface area contributed by atoms with Crippen molar-refractivity contribution in [2.75, 3.05) is 7.11 Å². The van der Waals surface area contributed by atoms with E-state index in [9.17, 15) is 9.59 Å². The Labute approximate surface area is 113 Å². The highest BCUT2D eigenvalue weighted by Crippen LogP contribution is 2.26. The van der Waals surface area contributed by atoms with Gasteiger partial charge in [0, 0.05) is 0 Å². The topological polar surface area (TPSA) is 55.4 Å². The summed E-state index contributed by atoms with van der Waals surface area (Å²) < 4.78 is 4.61. The van der Waals surface area contributed by atoms with E-state index >= 15 is 0 Å². The summed E-state index contributed by atoms with van der Waals surface area (Å²) in [6.45, 7) is 0. The second-order valence-corrected chi connectivity index (χ2v) is 4.89. The molecule has 1 aromatic carbocycles. The van der Waals surface area contributed by atoms with Crippen LogP contribution in [0.15, 0.2) is 29.2 Å². The third-order valence-corrected chi connectivity index (χ3v) is 3.55. The number of esters is 1. The van der Waals surface area contributed by atoms with Gasteiger partial charge in [-0.3, -0.25) is 4.79 Å². The third kappa shape index (κ3) is 2.77. The molecular formula is C12H9NO3S2. The van der Waals surface area contributed by atoms with Crippen LogP contribution in [0.5, 0.6) is 0 Å². The molecule has 0 bridgehead atoms. The van der Waals surface area contributed by atoms with Crippen LogP contribution in [0.1, 0.15) is 15.9 Å². The van der Waals surface area contributed by atoms with Crippen LogP contribution in [0.4, 0.5) is 4.79 Å². The lowest BCUT2D eigenvalue weighted by Crippen LogP contribution is -2.15. The highest BCUT2D eigenvalue weighted by Gasteiger charge is 2.21. The van der Waals surface area contributed by atoms with Gasteiger partial charge in [-0.25, -0.2) is 4.79 Å². The van der Waals surface area contributed by atoms with E-state index in [4.69, 9.17) is 12.2 Å². The Bertz CT molecular complexity index is 549. The Morgan fingerprint density at radius 3 is 2.56 bits per heavy atom. The fraction of sp³-hybridized carbons (Fsp3) is 0.0833. The summed E-state index contributed by atoms with van der Waals surface area (Å²) in [5.41, 5.74) is 1.35. The predicted molar refractivity (Wildman–Crippen MR) is 74.5 cm³/mol. The van der Waals surface area contributed by atoms with Gasteiger partial charge in [0.05, 0.1) is 17.6 Å². The minimum absolute atomic E-state index is 0.169. The number of hydrogen-bond acceptors (Lipinski definition) is 5. The number of thiocarbonyl (C=S) groups is 1. The molecule has 0 aromatic heterocycles. The van der Waals surface area contributed by atoms with Gasteiger partial charge < -0.3 is 10.1 Å². The molecule has 18 heavy (non-hydrogen) atoms. The maximum atomic E-state index is 11.2. The summed E-state index contributed by atoms with van der Waals surface area (Å²) in [5.74, 6) is -0.378. The lowest BCUT2D eigenvalue weighted by molar-refractivity contribution is 0.0600. The molecule has 1 aromatic rings. The summed E-state index contributed by atoms with van der Waals surface area (Å²) in [4.78, 5) is 23.5. The molecule has 1 fully saturated rings. The number of amides is 1. The number of carbonyl (C=O) groups is 2. The van der Waals surface area contributed by atoms with Gasteiger partial charge in [0.2, 0.25) is 0 Å². The Kier molecular flexibility index (Phi) is 3.78. The number of thioether (sulfide) groups is 1. The molecule has 1 N–H and O–H groups in total. The van der Waals surface area contributed by atoms with E-state index in [1.54, 1.807) is 30.3 Å². The lowest BCUT2D eigenvalue weighted by Gasteiger charge is -2.00. The van der Waals surface area contributed by atoms with Gasteiger partial charge in [-0.1, -0.05) is 24.4 Å². The zero-order chi connectivity index (χ0) is 13.1. The summed E-state index contributed by atoms with van der Waals surface area (Å²) in [7, 11) is 1.34. The number of ether oxygens (including phenoxy) is 1. The Hall–Kier alpha value is -1.66. The highest BCUT2D eigenvalue weighted by molar-refractivity contribution is 8.19. The Morgan fingerprint density at radius 2 is 2.06 bits per heavy atom. The monoisotopic (exact) mass is 279 g/mol. The van der Waals surface area contributed by atoms with Crippen LogP contribution in [-0.4, -0.2) is 23.3 Å². The maximum Gasteiger partial charge on any atom is 0.337 e. The van der Waals surface area contributed by atoms with Crippen molar-refractivity contribution >= 4 is 46.3 Å². The van der Waals surface area contributed by atoms with E-state index in [1.165, 1.54) is 7.11 Å². The van der Waals surface area contributed by atoms with E-state index in [-0.39, 0.29) is 11.2 Å². The Balaban J connectivity index is 2.21. The van der Waals surface area contributed by atoms with E-state index < -0.39 is 0 Å². The van der Waals surface area contributed by atoms with Crippen LogP contribution in [0.2, 0.25) is 0 Å². The molecule has 1 aliphatic heterocycles. The van der Waals surface area contributed by atoms with Crippen molar-refractivity contribution in [3.8, 4) is 0 Å². The number of hydrogen-bond donors (Lipinski definition) is 1. The average molecular weight is 279 g/mol. The van der Waals surface area contributed by atoms with Crippen molar-refractivity contribution in [3.63, 3.8) is 0 Å². The zero-order valence-corrected chi connectivity index (χ0v) is 11.1. The fourth-order valence-corrected chi connectivity index (χ4v) is 2.44. The lowest BCUT2D eigenvalue weighted by atomic mass is 10.1. The van der Waals surface area contributed by atoms with Gasteiger partial charge in [0.25, 0.3) is 5.24 Å². The Morgan fingerprint density at radius 1 is 1.39 bits per heavy atom. The van der Waals surface area contributed by atoms with Crippen molar-refractivity contribution in [2.45, 2.75) is 0 Å². The molecule has 0 radical (unpaired) electrons. The molecule has 1 heterocycles. The van der Waals surface area contributed by atoms with Crippen LogP contribution >= 0.6 is 24.0 Å². The summed E-state index contributed by atoms with van der Waals surface area (Å²) in [6.07, 6.45) is 1.80. The van der Waals surface area contributed by atoms with Gasteiger partial charge in [0.15, 0.2) is 0 Å². The smallest absolute Gasteiger partial charge is 0.337 e. The minimum Gasteiger partial charge on any atom is -0.465 e. The first-order valence-electron chi connectivity index (χ1n) is 5.03. The van der Waals surface area contributed by atoms with Crippen molar-refractivity contribution in [3.05, 3.63) is 40.3 Å². The van der Waals surface area contributed by atoms with Gasteiger partial charge in [0.1, 0.15) is 4.99 Å². The summed E-state index contributed by atoms with van der Waals surface area (Å²) >= 11 is 6.07. The van der Waals surface area contributed by atoms with Crippen LogP contribution in [0.3, 0.4) is 0 Å². The molecule has 0 saturated carbocycles. The first-order valence-corrected chi connectivity index (χ1v) is 6.26. The molecule has 4 nitrogen and oxygen atoms in total. The van der Waals surface area contributed by atoms with Crippen LogP contribution in [0.25, 0.3) is 6.08 Å². The molecule has 92 valence electrons. The quantitative estimate of drug-likeness (QED) is 0.512. The van der Waals surface area contributed by atoms with Crippen molar-refractivity contribution in [1.29, 1.82) is 0 Å². The zero-order valence-electron chi connectivity index (χ0n) is 9.43. The number of methoxy groups -OCH3 is 1. The second kappa shape index (κ2) is 5.32. The second-order valence-electron chi connectivity index (χ2n) is 3.47. The predicted octanol–water partition coefficient (Wildman–Crippen LogP) is 2.60. The van der Waals surface area contributed by atoms with Crippen LogP contribution < -0.4 is 5.32 Å². The van der Waals surface area contributed by atoms with Gasteiger partial charge in [-0.15, -0.1) is 0 Å². The van der Waals surface area contributed by atoms with Crippen LogP contribution in [-0.2, 0) is 4.74 Å². The van der Waals surface area contributed by atoms with Crippen molar-refractivity contribution < 1.29 is 14.3 Å². The first-order chi connectivity index (χ1) is 8.60. The first kappa shape index (κ1) is 12.8. The van der Waals surface area contributed by atoms with Gasteiger partial charge in [-0.2, -0.15) is 0 Å². The normalized spacial score (nSPS) is 16.8. The van der Waals surface area contributed by atoms with Gasteiger partial charge in [-0.05, 0) is 35.5 Å². The third-order valence-electron chi connectivity index (χ3n) is 2.27. The van der Waals surface area contributed by atoms with Crippen LogP contribution in [0, 0.1) is 0 Å². The molecule has 1 aliphatic rings. The molecule has 0 atom stereocenters. The van der Waals surface area contributed by atoms with E-state index in [0.717, 1.165) is 17.3 Å². The van der Waals surface area contributed by atoms with Gasteiger partial charge >= 0.3 is 5.97 Å². The van der Waals surface area contributed by atoms with Crippen molar-refractivity contribution in [1.82, 2.24) is 5.32 Å². The van der Waals surface area contributed by atoms with Crippen molar-refractivity contribution in [2.24, 2.45) is 0 Å². The molecule has 0 aliphatic carbocycles. The fourth-order valence-electron chi connectivity index (χ4n) is 1.41. The highest BCUT2D eigenvalue weighted by atomic mass is 32.2. The largest absolute Gasteiger partial charge is 0.465 e. The average Bonchev–Trinajstić information content (AvgIpc) is 2.68. The number of carbonyl (C=O) groups excluding carboxylic acids is 2. The van der Waals surface area contributed by atoms with E-state index in [2.05, 4.69) is 10.1 Å². The number of rotatable bonds is 2. The molecule has 0 unspecified atom stereocenters. The molecule has 0 spiro atoms. The molecular weight excluding hydrogens is 270 g/mol. The molecule has 1 saturated heterocycles. The van der Waals surface area contributed by atoms with E-state index in [0.29, 0.717) is 15.5 Å². The standard InChI is InChI=1S/C12H9NO3S2/c1-16-11(14)8-4-2-7(3-5-8)6-9-10(17)13-12(15)18-9/h2-6H,1H3,(H,13,15,17)/b9-6-. The minimum atomic E-state index is -0.378. The number of benzene rings is 1. The SMILES string of the molecule is COC(=O)c1ccc(/C=C2\SC(=O)NC2=S)cc1. The maximum absolute atomic E-state index is 11.2. The molecule has 2 rings (SSSR count). The summed E-state index contributed by atoms with van der Waals surface area (Å²) in [6, 6.07) is 6.86. The summed E-state index contributed by atoms with van der Waals surface area (Å²) in [5, 5.41) is 2.37. The molecule has 1 amide bonds.